The van der Waals surface area contributed by atoms with E-state index in [4.69, 9.17) is 35.1 Å². The predicted octanol–water partition coefficient (Wildman–Crippen LogP) is -5.46. The van der Waals surface area contributed by atoms with Gasteiger partial charge in [-0.15, -0.1) is 0 Å². The van der Waals surface area contributed by atoms with Crippen LogP contribution in [0.25, 0.3) is 0 Å². The molecule has 1 rings (SSSR count). The Bertz CT molecular complexity index is 96.7. The van der Waals surface area contributed by atoms with Crippen molar-refractivity contribution in [3.05, 3.63) is 0 Å². The second-order valence-electron chi connectivity index (χ2n) is 1.92. The Balaban J connectivity index is 0.00000144. The van der Waals surface area contributed by atoms with Crippen molar-refractivity contribution in [1.29, 1.82) is 0 Å². The Hall–Kier alpha value is 0.0395. The fourth-order valence-corrected chi connectivity index (χ4v) is 0.563. The van der Waals surface area contributed by atoms with Gasteiger partial charge in [0.1, 0.15) is 0 Å². The van der Waals surface area contributed by atoms with Gasteiger partial charge in [-0.25, -0.2) is 35.1 Å². The largest absolute Gasteiger partial charge is 0.235 e. The summed E-state index contributed by atoms with van der Waals surface area (Å²) in [5.74, 6) is 31.6. The van der Waals surface area contributed by atoms with Crippen LogP contribution < -0.4 is 35.1 Å². The molecule has 1 heterocycles. The van der Waals surface area contributed by atoms with Gasteiger partial charge in [0.05, 0.1) is 0 Å². The number of hydrazine groups is 12. The van der Waals surface area contributed by atoms with Gasteiger partial charge in [0, 0.05) is 17.1 Å². The smallest absolute Gasteiger partial charge is 0 e. The van der Waals surface area contributed by atoms with Crippen molar-refractivity contribution in [2.75, 3.05) is 0 Å². The molecule has 1 fully saturated rings. The van der Waals surface area contributed by atoms with E-state index < -0.39 is 0 Å². The van der Waals surface area contributed by atoms with E-state index in [1.54, 1.807) is 0 Å². The monoisotopic (exact) mass is 243 g/mol. The zero-order valence-corrected chi connectivity index (χ0v) is 7.39. The average Bonchev–Trinajstić information content (AvgIpc) is 2.08. The molecule has 0 saturated carbocycles. The van der Waals surface area contributed by atoms with Gasteiger partial charge in [0.25, 0.3) is 0 Å². The Kier molecular flexibility index (Phi) is 4.52. The molecule has 0 aromatic heterocycles. The van der Waals surface area contributed by atoms with E-state index in [9.17, 15) is 0 Å². The Labute approximate surface area is 84.2 Å². The number of nitrogens with zero attached hydrogens (tertiary/aromatic N) is 6. The Morgan fingerprint density at radius 3 is 0.538 bits per heavy atom. The first-order valence-corrected chi connectivity index (χ1v) is 2.75. The summed E-state index contributed by atoms with van der Waals surface area (Å²) in [5, 5.41) is 4.35. The number of hydrogen-bond acceptors (Lipinski definition) is 12. The molecule has 0 aromatic rings. The molecule has 13 heavy (non-hydrogen) atoms. The van der Waals surface area contributed by atoms with Gasteiger partial charge in [0.15, 0.2) is 0 Å². The SMILES string of the molecule is NN1N(N)N(N)N(N)N(N)N1N.[Cu]. The molecular formula is H12CuN12. The first-order chi connectivity index (χ1) is 5.46. The maximum atomic E-state index is 5.27. The van der Waals surface area contributed by atoms with E-state index in [0.717, 1.165) is 31.4 Å². The van der Waals surface area contributed by atoms with Crippen molar-refractivity contribution in [3.63, 3.8) is 0 Å². The minimum absolute atomic E-state index is 0. The molecule has 1 aliphatic rings. The summed E-state index contributed by atoms with van der Waals surface area (Å²) in [6.07, 6.45) is 0. The van der Waals surface area contributed by atoms with E-state index in [-0.39, 0.29) is 17.1 Å². The number of nitrogens with two attached hydrogens (primary N) is 6. The summed E-state index contributed by atoms with van der Waals surface area (Å²) >= 11 is 0. The van der Waals surface area contributed by atoms with Crippen LogP contribution in [0.4, 0.5) is 0 Å². The summed E-state index contributed by atoms with van der Waals surface area (Å²) in [6.45, 7) is 0. The van der Waals surface area contributed by atoms with Gasteiger partial charge in [0.2, 0.25) is 0 Å². The minimum atomic E-state index is 0. The Morgan fingerprint density at radius 1 is 0.385 bits per heavy atom. The summed E-state index contributed by atoms with van der Waals surface area (Å²) < 4.78 is 0. The fraction of sp³-hybridized carbons (Fsp3) is 0. The number of rotatable bonds is 0. The van der Waals surface area contributed by atoms with Crippen LogP contribution in [0, 0.1) is 0 Å². The molecule has 0 spiro atoms. The standard InChI is InChI=1S/Cu.H12N12/c;1-7-8(2)10(4)12(6)11(5)9(7)3/h;1-6H2. The van der Waals surface area contributed by atoms with Crippen LogP contribution >= 0.6 is 0 Å². The first kappa shape index (κ1) is 13.0. The number of hydrogen-bond donors (Lipinski definition) is 6. The van der Waals surface area contributed by atoms with Gasteiger partial charge in [-0.2, -0.15) is 0 Å². The third-order valence-corrected chi connectivity index (χ3v) is 1.26. The Morgan fingerprint density at radius 2 is 0.462 bits per heavy atom. The molecule has 13 heteroatoms. The van der Waals surface area contributed by atoms with Crippen molar-refractivity contribution >= 4 is 0 Å². The summed E-state index contributed by atoms with van der Waals surface area (Å²) in [5.41, 5.74) is 0. The van der Waals surface area contributed by atoms with Crippen molar-refractivity contribution in [2.45, 2.75) is 0 Å². The van der Waals surface area contributed by atoms with Gasteiger partial charge >= 0.3 is 0 Å². The van der Waals surface area contributed by atoms with Gasteiger partial charge in [-0.1, -0.05) is 0 Å². The van der Waals surface area contributed by atoms with E-state index in [1.807, 2.05) is 0 Å². The maximum Gasteiger partial charge on any atom is 0 e. The van der Waals surface area contributed by atoms with Crippen LogP contribution in [0.1, 0.15) is 0 Å². The van der Waals surface area contributed by atoms with E-state index in [1.165, 1.54) is 0 Å². The molecule has 0 bridgehead atoms. The van der Waals surface area contributed by atoms with Gasteiger partial charge < -0.3 is 0 Å². The van der Waals surface area contributed by atoms with Crippen molar-refractivity contribution in [1.82, 2.24) is 31.4 Å². The zero-order chi connectivity index (χ0) is 9.46. The van der Waals surface area contributed by atoms with Crippen LogP contribution in [-0.4, -0.2) is 31.4 Å². The van der Waals surface area contributed by atoms with Crippen LogP contribution in [0.2, 0.25) is 0 Å². The van der Waals surface area contributed by atoms with E-state index in [2.05, 4.69) is 0 Å². The second kappa shape index (κ2) is 4.51. The zero-order valence-electron chi connectivity index (χ0n) is 6.45. The maximum absolute atomic E-state index is 5.27. The fourth-order valence-electron chi connectivity index (χ4n) is 0.563. The third kappa shape index (κ3) is 2.10. The topological polar surface area (TPSA) is 176 Å². The molecule has 0 unspecified atom stereocenters. The van der Waals surface area contributed by atoms with E-state index in [0.29, 0.717) is 0 Å². The van der Waals surface area contributed by atoms with Gasteiger partial charge in [-0.05, 0) is 31.4 Å². The summed E-state index contributed by atoms with van der Waals surface area (Å²) in [4.78, 5) is 0. The quantitative estimate of drug-likeness (QED) is 0.176. The molecule has 0 aromatic carbocycles. The second-order valence-corrected chi connectivity index (χ2v) is 1.92. The molecule has 1 saturated heterocycles. The predicted molar refractivity (Wildman–Crippen MR) is 36.2 cm³/mol. The molecule has 12 N–H and O–H groups in total. The van der Waals surface area contributed by atoms with Crippen LogP contribution in [0.5, 0.6) is 0 Å². The molecule has 12 nitrogen and oxygen atoms in total. The molecule has 0 atom stereocenters. The van der Waals surface area contributed by atoms with Crippen LogP contribution in [0.15, 0.2) is 0 Å². The molecule has 0 aliphatic carbocycles. The normalized spacial score (nSPS) is 26.3. The van der Waals surface area contributed by atoms with Crippen molar-refractivity contribution in [3.8, 4) is 0 Å². The first-order valence-electron chi connectivity index (χ1n) is 2.75. The van der Waals surface area contributed by atoms with Crippen LogP contribution in [0.3, 0.4) is 0 Å². The molecule has 0 amide bonds. The van der Waals surface area contributed by atoms with Gasteiger partial charge in [-0.3, -0.25) is 0 Å². The molecular weight excluding hydrogens is 232 g/mol. The third-order valence-electron chi connectivity index (χ3n) is 1.26. The molecule has 1 radical (unpaired) electrons. The summed E-state index contributed by atoms with van der Waals surface area (Å²) in [7, 11) is 0. The van der Waals surface area contributed by atoms with Crippen molar-refractivity contribution < 1.29 is 17.1 Å². The minimum Gasteiger partial charge on any atom is -0.235 e. The molecule has 1 aliphatic heterocycles. The van der Waals surface area contributed by atoms with Crippen molar-refractivity contribution in [2.24, 2.45) is 35.1 Å². The molecule has 83 valence electrons. The summed E-state index contributed by atoms with van der Waals surface area (Å²) in [6, 6.07) is 0. The van der Waals surface area contributed by atoms with E-state index >= 15 is 0 Å². The van der Waals surface area contributed by atoms with Crippen LogP contribution in [-0.2, 0) is 17.1 Å². The average molecular weight is 244 g/mol.